The van der Waals surface area contributed by atoms with Crippen molar-refractivity contribution in [3.05, 3.63) is 50.5 Å². The first-order valence-electron chi connectivity index (χ1n) is 5.62. The number of anilines is 1. The minimum Gasteiger partial charge on any atom is -0.466 e. The van der Waals surface area contributed by atoms with Crippen molar-refractivity contribution in [2.75, 3.05) is 5.32 Å². The van der Waals surface area contributed by atoms with Crippen molar-refractivity contribution in [2.24, 2.45) is 0 Å². The molecule has 4 heteroatoms. The highest BCUT2D eigenvalue weighted by atomic mass is 127. The Labute approximate surface area is 120 Å². The fourth-order valence-corrected chi connectivity index (χ4v) is 2.29. The lowest BCUT2D eigenvalue weighted by molar-refractivity contribution is 0.102. The maximum Gasteiger partial charge on any atom is 0.259 e. The SMILES string of the molecule is Cc1cc(C(=O)Nc2cccc(I)c2C)c(C)o1. The van der Waals surface area contributed by atoms with E-state index in [0.29, 0.717) is 11.3 Å². The number of hydrogen-bond acceptors (Lipinski definition) is 2. The van der Waals surface area contributed by atoms with Crippen LogP contribution in [0.5, 0.6) is 0 Å². The Hall–Kier alpha value is -1.30. The lowest BCUT2D eigenvalue weighted by Crippen LogP contribution is -2.13. The molecule has 0 fully saturated rings. The first-order valence-corrected chi connectivity index (χ1v) is 6.70. The number of aryl methyl sites for hydroxylation is 2. The molecule has 1 heterocycles. The number of nitrogens with one attached hydrogen (secondary N) is 1. The van der Waals surface area contributed by atoms with Gasteiger partial charge in [0.25, 0.3) is 5.91 Å². The molecule has 0 aliphatic rings. The number of benzene rings is 1. The van der Waals surface area contributed by atoms with Gasteiger partial charge >= 0.3 is 0 Å². The van der Waals surface area contributed by atoms with Crippen LogP contribution in [0.2, 0.25) is 0 Å². The summed E-state index contributed by atoms with van der Waals surface area (Å²) in [5.74, 6) is 1.26. The summed E-state index contributed by atoms with van der Waals surface area (Å²) in [6.07, 6.45) is 0. The second kappa shape index (κ2) is 5.14. The van der Waals surface area contributed by atoms with Gasteiger partial charge < -0.3 is 9.73 Å². The fraction of sp³-hybridized carbons (Fsp3) is 0.214. The smallest absolute Gasteiger partial charge is 0.259 e. The summed E-state index contributed by atoms with van der Waals surface area (Å²) in [5.41, 5.74) is 2.50. The molecule has 0 saturated heterocycles. The molecule has 2 aromatic rings. The first kappa shape index (κ1) is 13.1. The number of amides is 1. The average molecular weight is 355 g/mol. The first-order chi connectivity index (χ1) is 8.49. The molecular weight excluding hydrogens is 341 g/mol. The van der Waals surface area contributed by atoms with E-state index in [4.69, 9.17) is 4.42 Å². The third kappa shape index (κ3) is 2.58. The second-order valence-electron chi connectivity index (χ2n) is 4.19. The van der Waals surface area contributed by atoms with Gasteiger partial charge in [0.2, 0.25) is 0 Å². The molecule has 0 saturated carbocycles. The van der Waals surface area contributed by atoms with Crippen LogP contribution in [-0.2, 0) is 0 Å². The Kier molecular flexibility index (Phi) is 3.75. The van der Waals surface area contributed by atoms with E-state index < -0.39 is 0 Å². The van der Waals surface area contributed by atoms with Gasteiger partial charge in [-0.1, -0.05) is 6.07 Å². The van der Waals surface area contributed by atoms with Crippen molar-refractivity contribution >= 4 is 34.2 Å². The van der Waals surface area contributed by atoms with E-state index in [1.165, 1.54) is 0 Å². The number of carbonyl (C=O) groups excluding carboxylic acids is 1. The predicted molar refractivity (Wildman–Crippen MR) is 80.0 cm³/mol. The fourth-order valence-electron chi connectivity index (χ4n) is 1.79. The van der Waals surface area contributed by atoms with Crippen LogP contribution in [-0.4, -0.2) is 5.91 Å². The molecule has 94 valence electrons. The van der Waals surface area contributed by atoms with Gasteiger partial charge in [-0.05, 0) is 67.1 Å². The quantitative estimate of drug-likeness (QED) is 0.826. The second-order valence-corrected chi connectivity index (χ2v) is 5.36. The molecule has 0 bridgehead atoms. The molecule has 1 N–H and O–H groups in total. The molecule has 0 aliphatic carbocycles. The van der Waals surface area contributed by atoms with E-state index >= 15 is 0 Å². The van der Waals surface area contributed by atoms with Crippen molar-refractivity contribution in [1.29, 1.82) is 0 Å². The van der Waals surface area contributed by atoms with Crippen molar-refractivity contribution in [1.82, 2.24) is 0 Å². The predicted octanol–water partition coefficient (Wildman–Crippen LogP) is 4.06. The third-order valence-corrected chi connectivity index (χ3v) is 3.97. The van der Waals surface area contributed by atoms with E-state index in [0.717, 1.165) is 20.6 Å². The highest BCUT2D eigenvalue weighted by Crippen LogP contribution is 2.22. The molecule has 1 amide bonds. The zero-order valence-electron chi connectivity index (χ0n) is 10.5. The lowest BCUT2D eigenvalue weighted by atomic mass is 10.2. The van der Waals surface area contributed by atoms with Gasteiger partial charge in [-0.2, -0.15) is 0 Å². The van der Waals surface area contributed by atoms with Crippen molar-refractivity contribution < 1.29 is 9.21 Å². The van der Waals surface area contributed by atoms with Gasteiger partial charge in [-0.15, -0.1) is 0 Å². The zero-order valence-corrected chi connectivity index (χ0v) is 12.7. The Morgan fingerprint density at radius 1 is 1.28 bits per heavy atom. The van der Waals surface area contributed by atoms with Crippen LogP contribution in [0.4, 0.5) is 5.69 Å². The standard InChI is InChI=1S/C14H14INO2/c1-8-7-11(10(3)18-8)14(17)16-13-6-4-5-12(15)9(13)2/h4-7H,1-3H3,(H,16,17). The molecule has 0 atom stereocenters. The number of halogens is 1. The molecule has 0 spiro atoms. The molecule has 0 aliphatic heterocycles. The topological polar surface area (TPSA) is 42.2 Å². The van der Waals surface area contributed by atoms with Crippen LogP contribution in [0, 0.1) is 24.3 Å². The lowest BCUT2D eigenvalue weighted by Gasteiger charge is -2.09. The van der Waals surface area contributed by atoms with Crippen LogP contribution in [0.25, 0.3) is 0 Å². The summed E-state index contributed by atoms with van der Waals surface area (Å²) >= 11 is 2.25. The van der Waals surface area contributed by atoms with Gasteiger partial charge in [0.1, 0.15) is 11.5 Å². The van der Waals surface area contributed by atoms with Crippen LogP contribution < -0.4 is 5.32 Å². The van der Waals surface area contributed by atoms with E-state index in [1.807, 2.05) is 32.0 Å². The van der Waals surface area contributed by atoms with Gasteiger partial charge in [-0.3, -0.25) is 4.79 Å². The number of furan rings is 1. The zero-order chi connectivity index (χ0) is 13.3. The molecule has 1 aromatic heterocycles. The minimum atomic E-state index is -0.130. The average Bonchev–Trinajstić information content (AvgIpc) is 2.64. The van der Waals surface area contributed by atoms with Gasteiger partial charge in [-0.25, -0.2) is 0 Å². The molecule has 3 nitrogen and oxygen atoms in total. The summed E-state index contributed by atoms with van der Waals surface area (Å²) in [7, 11) is 0. The molecule has 0 unspecified atom stereocenters. The van der Waals surface area contributed by atoms with E-state index in [1.54, 1.807) is 13.0 Å². The monoisotopic (exact) mass is 355 g/mol. The molecule has 18 heavy (non-hydrogen) atoms. The summed E-state index contributed by atoms with van der Waals surface area (Å²) in [6, 6.07) is 7.60. The number of rotatable bonds is 2. The molecule has 1 aromatic carbocycles. The largest absolute Gasteiger partial charge is 0.466 e. The highest BCUT2D eigenvalue weighted by molar-refractivity contribution is 14.1. The van der Waals surface area contributed by atoms with Gasteiger partial charge in [0.05, 0.1) is 5.56 Å². The number of hydrogen-bond donors (Lipinski definition) is 1. The third-order valence-electron chi connectivity index (χ3n) is 2.80. The maximum absolute atomic E-state index is 12.1. The van der Waals surface area contributed by atoms with E-state index in [2.05, 4.69) is 27.9 Å². The van der Waals surface area contributed by atoms with Crippen LogP contribution >= 0.6 is 22.6 Å². The Morgan fingerprint density at radius 2 is 2.00 bits per heavy atom. The van der Waals surface area contributed by atoms with Crippen LogP contribution in [0.3, 0.4) is 0 Å². The summed E-state index contributed by atoms with van der Waals surface area (Å²) < 4.78 is 6.50. The Balaban J connectivity index is 2.27. The Bertz CT molecular complexity index is 602. The number of carbonyl (C=O) groups is 1. The van der Waals surface area contributed by atoms with Crippen LogP contribution in [0.15, 0.2) is 28.7 Å². The van der Waals surface area contributed by atoms with E-state index in [9.17, 15) is 4.79 Å². The van der Waals surface area contributed by atoms with Crippen molar-refractivity contribution in [3.8, 4) is 0 Å². The maximum atomic E-state index is 12.1. The van der Waals surface area contributed by atoms with Crippen LogP contribution in [0.1, 0.15) is 27.4 Å². The molecule has 0 radical (unpaired) electrons. The molecular formula is C14H14INO2. The van der Waals surface area contributed by atoms with Crippen molar-refractivity contribution in [3.63, 3.8) is 0 Å². The summed E-state index contributed by atoms with van der Waals surface area (Å²) in [5, 5.41) is 2.92. The Morgan fingerprint density at radius 3 is 2.61 bits per heavy atom. The minimum absolute atomic E-state index is 0.130. The van der Waals surface area contributed by atoms with Gasteiger partial charge in [0, 0.05) is 9.26 Å². The summed E-state index contributed by atoms with van der Waals surface area (Å²) in [6.45, 7) is 5.62. The normalized spacial score (nSPS) is 10.4. The van der Waals surface area contributed by atoms with E-state index in [-0.39, 0.29) is 5.91 Å². The highest BCUT2D eigenvalue weighted by Gasteiger charge is 2.14. The van der Waals surface area contributed by atoms with Crippen molar-refractivity contribution in [2.45, 2.75) is 20.8 Å². The molecule has 2 rings (SSSR count). The van der Waals surface area contributed by atoms with Gasteiger partial charge in [0.15, 0.2) is 0 Å². The summed E-state index contributed by atoms with van der Waals surface area (Å²) in [4.78, 5) is 12.1.